The fraction of sp³-hybridized carbons (Fsp3) is 0.538. The van der Waals surface area contributed by atoms with E-state index in [1.807, 2.05) is 0 Å². The Hall–Kier alpha value is 0.01000. The SMILES string of the molecule is Brc1ccc(CCN2CC3CC(C2)S3)cc1. The summed E-state index contributed by atoms with van der Waals surface area (Å²) in [7, 11) is 0. The lowest BCUT2D eigenvalue weighted by molar-refractivity contribution is 0.225. The molecule has 0 amide bonds. The molecule has 0 N–H and O–H groups in total. The summed E-state index contributed by atoms with van der Waals surface area (Å²) in [4.78, 5) is 2.64. The van der Waals surface area contributed by atoms with Gasteiger partial charge in [-0.1, -0.05) is 28.1 Å². The van der Waals surface area contributed by atoms with Gasteiger partial charge in [-0.05, 0) is 30.5 Å². The van der Waals surface area contributed by atoms with Crippen LogP contribution in [0.1, 0.15) is 12.0 Å². The maximum absolute atomic E-state index is 3.47. The summed E-state index contributed by atoms with van der Waals surface area (Å²) < 4.78 is 1.17. The predicted molar refractivity (Wildman–Crippen MR) is 74.1 cm³/mol. The Bertz CT molecular complexity index is 349. The van der Waals surface area contributed by atoms with Gasteiger partial charge in [0, 0.05) is 34.6 Å². The van der Waals surface area contributed by atoms with Crippen molar-refractivity contribution in [1.29, 1.82) is 0 Å². The zero-order valence-corrected chi connectivity index (χ0v) is 11.6. The summed E-state index contributed by atoms with van der Waals surface area (Å²) in [6, 6.07) is 8.73. The van der Waals surface area contributed by atoms with Gasteiger partial charge in [-0.3, -0.25) is 0 Å². The summed E-state index contributed by atoms with van der Waals surface area (Å²) in [5.41, 5.74) is 1.45. The van der Waals surface area contributed by atoms with Crippen molar-refractivity contribution in [2.75, 3.05) is 19.6 Å². The minimum absolute atomic E-state index is 0.948. The maximum atomic E-state index is 3.47. The maximum Gasteiger partial charge on any atom is 0.0189 e. The average molecular weight is 298 g/mol. The lowest BCUT2D eigenvalue weighted by Gasteiger charge is -2.46. The first-order valence-electron chi connectivity index (χ1n) is 5.92. The van der Waals surface area contributed by atoms with Crippen molar-refractivity contribution >= 4 is 27.7 Å². The number of piperidine rings is 1. The molecule has 3 heterocycles. The van der Waals surface area contributed by atoms with Crippen molar-refractivity contribution in [2.24, 2.45) is 0 Å². The highest BCUT2D eigenvalue weighted by atomic mass is 79.9. The molecule has 1 aromatic carbocycles. The quantitative estimate of drug-likeness (QED) is 0.843. The largest absolute Gasteiger partial charge is 0.301 e. The van der Waals surface area contributed by atoms with Crippen LogP contribution in [-0.2, 0) is 6.42 Å². The molecular formula is C13H16BrNS. The van der Waals surface area contributed by atoms with E-state index in [4.69, 9.17) is 0 Å². The van der Waals surface area contributed by atoms with Gasteiger partial charge in [0.1, 0.15) is 0 Å². The zero-order chi connectivity index (χ0) is 11.0. The number of thioether (sulfide) groups is 1. The van der Waals surface area contributed by atoms with Gasteiger partial charge in [0.25, 0.3) is 0 Å². The molecule has 2 unspecified atom stereocenters. The molecular weight excluding hydrogens is 282 g/mol. The van der Waals surface area contributed by atoms with E-state index in [1.54, 1.807) is 0 Å². The Kier molecular flexibility index (Phi) is 3.27. The van der Waals surface area contributed by atoms with Crippen LogP contribution in [0.4, 0.5) is 0 Å². The van der Waals surface area contributed by atoms with Gasteiger partial charge in [-0.25, -0.2) is 0 Å². The Balaban J connectivity index is 1.51. The summed E-state index contributed by atoms with van der Waals surface area (Å²) >= 11 is 5.67. The molecule has 86 valence electrons. The van der Waals surface area contributed by atoms with E-state index in [2.05, 4.69) is 56.9 Å². The Morgan fingerprint density at radius 2 is 1.81 bits per heavy atom. The Morgan fingerprint density at radius 1 is 1.19 bits per heavy atom. The normalized spacial score (nSPS) is 28.8. The topological polar surface area (TPSA) is 3.24 Å². The third-order valence-electron chi connectivity index (χ3n) is 3.46. The van der Waals surface area contributed by atoms with E-state index in [0.29, 0.717) is 0 Å². The van der Waals surface area contributed by atoms with Crippen molar-refractivity contribution in [3.63, 3.8) is 0 Å². The first-order valence-corrected chi connectivity index (χ1v) is 7.65. The highest BCUT2D eigenvalue weighted by Gasteiger charge is 2.37. The Morgan fingerprint density at radius 3 is 2.44 bits per heavy atom. The molecule has 4 rings (SSSR count). The number of nitrogens with zero attached hydrogens (tertiary/aromatic N) is 1. The van der Waals surface area contributed by atoms with Crippen LogP contribution in [0, 0.1) is 0 Å². The molecule has 1 nitrogen and oxygen atoms in total. The summed E-state index contributed by atoms with van der Waals surface area (Å²) in [6.07, 6.45) is 2.66. The van der Waals surface area contributed by atoms with E-state index in [1.165, 1.54) is 42.5 Å². The third kappa shape index (κ3) is 2.47. The van der Waals surface area contributed by atoms with Crippen LogP contribution in [0.15, 0.2) is 28.7 Å². The fourth-order valence-corrected chi connectivity index (χ4v) is 4.29. The number of rotatable bonds is 3. The lowest BCUT2D eigenvalue weighted by atomic mass is 10.1. The highest BCUT2D eigenvalue weighted by molar-refractivity contribution is 9.10. The molecule has 0 saturated carbocycles. The van der Waals surface area contributed by atoms with Crippen LogP contribution < -0.4 is 0 Å². The lowest BCUT2D eigenvalue weighted by Crippen LogP contribution is -2.51. The van der Waals surface area contributed by atoms with Crippen LogP contribution in [0.2, 0.25) is 0 Å². The van der Waals surface area contributed by atoms with E-state index < -0.39 is 0 Å². The number of benzene rings is 1. The van der Waals surface area contributed by atoms with Gasteiger partial charge in [-0.15, -0.1) is 0 Å². The molecule has 0 aromatic heterocycles. The first kappa shape index (κ1) is 11.1. The van der Waals surface area contributed by atoms with Crippen LogP contribution >= 0.6 is 27.7 Å². The molecule has 3 aliphatic heterocycles. The molecule has 3 saturated heterocycles. The second-order valence-corrected chi connectivity index (χ2v) is 7.27. The van der Waals surface area contributed by atoms with E-state index in [9.17, 15) is 0 Å². The number of halogens is 1. The van der Waals surface area contributed by atoms with Gasteiger partial charge in [0.05, 0.1) is 0 Å². The van der Waals surface area contributed by atoms with Crippen molar-refractivity contribution < 1.29 is 0 Å². The van der Waals surface area contributed by atoms with Gasteiger partial charge in [0.2, 0.25) is 0 Å². The molecule has 16 heavy (non-hydrogen) atoms. The standard InChI is InChI=1S/C13H16BrNS/c14-11-3-1-10(2-4-11)5-6-15-8-12-7-13(9-15)16-12/h1-4,12-13H,5-9H2. The second kappa shape index (κ2) is 4.71. The predicted octanol–water partition coefficient (Wildman–Crippen LogP) is 3.18. The van der Waals surface area contributed by atoms with Gasteiger partial charge in [0.15, 0.2) is 0 Å². The monoisotopic (exact) mass is 297 g/mol. The van der Waals surface area contributed by atoms with Crippen LogP contribution in [0.5, 0.6) is 0 Å². The van der Waals surface area contributed by atoms with Crippen molar-refractivity contribution in [3.05, 3.63) is 34.3 Å². The van der Waals surface area contributed by atoms with E-state index in [0.717, 1.165) is 10.5 Å². The molecule has 3 fully saturated rings. The molecule has 0 spiro atoms. The molecule has 2 bridgehead atoms. The minimum atomic E-state index is 0.948. The second-order valence-electron chi connectivity index (χ2n) is 4.75. The van der Waals surface area contributed by atoms with Crippen LogP contribution in [0.3, 0.4) is 0 Å². The number of hydrogen-bond acceptors (Lipinski definition) is 2. The summed E-state index contributed by atoms with van der Waals surface area (Å²) in [5, 5.41) is 1.90. The third-order valence-corrected chi connectivity index (χ3v) is 5.45. The Labute approximate surface area is 110 Å². The van der Waals surface area contributed by atoms with Gasteiger partial charge < -0.3 is 4.90 Å². The molecule has 3 heteroatoms. The zero-order valence-electron chi connectivity index (χ0n) is 9.23. The molecule has 3 aliphatic rings. The van der Waals surface area contributed by atoms with E-state index >= 15 is 0 Å². The molecule has 0 aliphatic carbocycles. The van der Waals surface area contributed by atoms with Crippen LogP contribution in [0.25, 0.3) is 0 Å². The molecule has 2 atom stereocenters. The number of fused-ring (bicyclic) bond motifs is 2. The fourth-order valence-electron chi connectivity index (χ4n) is 2.56. The van der Waals surface area contributed by atoms with E-state index in [-0.39, 0.29) is 0 Å². The first-order chi connectivity index (χ1) is 7.79. The van der Waals surface area contributed by atoms with Crippen molar-refractivity contribution in [2.45, 2.75) is 23.3 Å². The van der Waals surface area contributed by atoms with Gasteiger partial charge >= 0.3 is 0 Å². The highest BCUT2D eigenvalue weighted by Crippen LogP contribution is 2.41. The molecule has 0 radical (unpaired) electrons. The van der Waals surface area contributed by atoms with Gasteiger partial charge in [-0.2, -0.15) is 11.8 Å². The smallest absolute Gasteiger partial charge is 0.0189 e. The van der Waals surface area contributed by atoms with Crippen LogP contribution in [-0.4, -0.2) is 35.0 Å². The number of hydrogen-bond donors (Lipinski definition) is 0. The summed E-state index contributed by atoms with van der Waals surface area (Å²) in [6.45, 7) is 3.87. The molecule has 1 aromatic rings. The summed E-state index contributed by atoms with van der Waals surface area (Å²) in [5.74, 6) is 0. The van der Waals surface area contributed by atoms with Crippen molar-refractivity contribution in [1.82, 2.24) is 4.90 Å². The van der Waals surface area contributed by atoms with Crippen molar-refractivity contribution in [3.8, 4) is 0 Å². The average Bonchev–Trinajstić information content (AvgIpc) is 2.28. The minimum Gasteiger partial charge on any atom is -0.301 e.